The van der Waals surface area contributed by atoms with Crippen LogP contribution in [0.5, 0.6) is 5.75 Å². The topological polar surface area (TPSA) is 62.0 Å². The first-order valence-corrected chi connectivity index (χ1v) is 9.33. The van der Waals surface area contributed by atoms with Crippen molar-refractivity contribution in [2.75, 3.05) is 0 Å². The zero-order valence-corrected chi connectivity index (χ0v) is 17.0. The Morgan fingerprint density at radius 3 is 2.19 bits per heavy atom. The summed E-state index contributed by atoms with van der Waals surface area (Å²) in [6.45, 7) is 16.2. The number of aromatic hydroxyl groups is 1. The Kier molecular flexibility index (Phi) is 5.86. The van der Waals surface area contributed by atoms with Gasteiger partial charge in [0.25, 0.3) is 0 Å². The van der Waals surface area contributed by atoms with Gasteiger partial charge in [0.1, 0.15) is 11.9 Å². The number of hydrogen-bond acceptors (Lipinski definition) is 4. The zero-order chi connectivity index (χ0) is 19.7. The van der Waals surface area contributed by atoms with Crippen LogP contribution >= 0.6 is 0 Å². The van der Waals surface area contributed by atoms with Crippen molar-refractivity contribution in [3.05, 3.63) is 41.5 Å². The second kappa shape index (κ2) is 7.43. The highest BCUT2D eigenvalue weighted by atomic mass is 16.6. The molecule has 1 unspecified atom stereocenters. The van der Waals surface area contributed by atoms with Crippen LogP contribution in [0.25, 0.3) is 0 Å². The summed E-state index contributed by atoms with van der Waals surface area (Å²) in [5.41, 5.74) is 3.32. The number of aliphatic hydroxyl groups is 1. The number of oxime groups is 1. The molecule has 2 rings (SSSR count). The normalized spacial score (nSPS) is 19.0. The quantitative estimate of drug-likeness (QED) is 0.742. The van der Waals surface area contributed by atoms with Gasteiger partial charge in [-0.05, 0) is 29.4 Å². The van der Waals surface area contributed by atoms with E-state index in [1.165, 1.54) is 0 Å². The van der Waals surface area contributed by atoms with Crippen LogP contribution in [-0.4, -0.2) is 28.1 Å². The molecule has 2 N–H and O–H groups in total. The average Bonchev–Trinajstić information content (AvgIpc) is 2.93. The SMILES string of the molecule is C=CCC(O)C[C@@H]1CC(c2cc(C(C)(C)C)c(O)c(C(C)(C)C)c2)=NO1. The summed E-state index contributed by atoms with van der Waals surface area (Å²) < 4.78 is 0. The molecular formula is C22H33NO3. The van der Waals surface area contributed by atoms with E-state index >= 15 is 0 Å². The maximum absolute atomic E-state index is 10.8. The largest absolute Gasteiger partial charge is 0.507 e. The van der Waals surface area contributed by atoms with Crippen LogP contribution < -0.4 is 0 Å². The standard InChI is InChI=1S/C22H33NO3/c1-8-9-15(24)12-16-13-19(23-26-16)14-10-17(21(2,3)4)20(25)18(11-14)22(5,6)7/h8,10-11,15-16,24-25H,1,9,12-13H2,2-7H3/t15?,16-/m1/s1. The van der Waals surface area contributed by atoms with Crippen molar-refractivity contribution < 1.29 is 15.1 Å². The Morgan fingerprint density at radius 2 is 1.73 bits per heavy atom. The molecule has 0 aromatic heterocycles. The molecule has 0 amide bonds. The van der Waals surface area contributed by atoms with Crippen LogP contribution in [0.3, 0.4) is 0 Å². The molecule has 0 aliphatic carbocycles. The first-order valence-electron chi connectivity index (χ1n) is 9.33. The maximum Gasteiger partial charge on any atom is 0.135 e. The zero-order valence-electron chi connectivity index (χ0n) is 17.0. The van der Waals surface area contributed by atoms with E-state index in [-0.39, 0.29) is 16.9 Å². The summed E-state index contributed by atoms with van der Waals surface area (Å²) in [5.74, 6) is 0.367. The van der Waals surface area contributed by atoms with E-state index in [9.17, 15) is 10.2 Å². The van der Waals surface area contributed by atoms with E-state index in [0.29, 0.717) is 25.0 Å². The van der Waals surface area contributed by atoms with Crippen molar-refractivity contribution in [2.24, 2.45) is 5.16 Å². The smallest absolute Gasteiger partial charge is 0.135 e. The van der Waals surface area contributed by atoms with Crippen LogP contribution in [0.2, 0.25) is 0 Å². The van der Waals surface area contributed by atoms with Crippen LogP contribution in [0.15, 0.2) is 29.9 Å². The van der Waals surface area contributed by atoms with E-state index in [1.54, 1.807) is 6.08 Å². The number of nitrogens with zero attached hydrogens (tertiary/aromatic N) is 1. The molecule has 4 heteroatoms. The minimum Gasteiger partial charge on any atom is -0.507 e. The lowest BCUT2D eigenvalue weighted by atomic mass is 9.77. The van der Waals surface area contributed by atoms with Crippen LogP contribution in [0.1, 0.15) is 77.5 Å². The van der Waals surface area contributed by atoms with Gasteiger partial charge in [-0.2, -0.15) is 0 Å². The molecule has 0 bridgehead atoms. The molecule has 1 aliphatic heterocycles. The van der Waals surface area contributed by atoms with Crippen molar-refractivity contribution in [1.29, 1.82) is 0 Å². The Morgan fingerprint density at radius 1 is 1.19 bits per heavy atom. The van der Waals surface area contributed by atoms with E-state index in [0.717, 1.165) is 22.4 Å². The van der Waals surface area contributed by atoms with E-state index in [4.69, 9.17) is 4.84 Å². The highest BCUT2D eigenvalue weighted by Crippen LogP contribution is 2.40. The molecular weight excluding hydrogens is 326 g/mol. The lowest BCUT2D eigenvalue weighted by Gasteiger charge is -2.28. The summed E-state index contributed by atoms with van der Waals surface area (Å²) in [5, 5.41) is 25.1. The van der Waals surface area contributed by atoms with Crippen LogP contribution in [0.4, 0.5) is 0 Å². The fraction of sp³-hybridized carbons (Fsp3) is 0.591. The van der Waals surface area contributed by atoms with Gasteiger partial charge in [-0.1, -0.05) is 52.8 Å². The highest BCUT2D eigenvalue weighted by Gasteiger charge is 2.30. The fourth-order valence-electron chi connectivity index (χ4n) is 3.26. The van der Waals surface area contributed by atoms with Crippen molar-refractivity contribution in [2.45, 2.75) is 83.8 Å². The first kappa shape index (κ1) is 20.5. The van der Waals surface area contributed by atoms with E-state index in [1.807, 2.05) is 12.1 Å². The molecule has 1 aromatic carbocycles. The molecule has 2 atom stereocenters. The minimum atomic E-state index is -0.456. The van der Waals surface area contributed by atoms with Gasteiger partial charge in [0.05, 0.1) is 11.8 Å². The second-order valence-corrected chi connectivity index (χ2v) is 9.30. The lowest BCUT2D eigenvalue weighted by molar-refractivity contribution is 0.0378. The van der Waals surface area contributed by atoms with Crippen LogP contribution in [0, 0.1) is 0 Å². The highest BCUT2D eigenvalue weighted by molar-refractivity contribution is 6.02. The molecule has 0 radical (unpaired) electrons. The number of benzene rings is 1. The predicted octanol–water partition coefficient (Wildman–Crippen LogP) is 4.81. The first-order chi connectivity index (χ1) is 11.9. The molecule has 1 aliphatic rings. The summed E-state index contributed by atoms with van der Waals surface area (Å²) in [6.07, 6.45) is 2.89. The number of hydrogen-bond donors (Lipinski definition) is 2. The molecule has 4 nitrogen and oxygen atoms in total. The third kappa shape index (κ3) is 4.67. The number of rotatable bonds is 5. The Bertz CT molecular complexity index is 657. The molecule has 26 heavy (non-hydrogen) atoms. The third-order valence-electron chi connectivity index (χ3n) is 4.77. The molecule has 144 valence electrons. The molecule has 1 heterocycles. The molecule has 1 aromatic rings. The predicted molar refractivity (Wildman–Crippen MR) is 107 cm³/mol. The minimum absolute atomic E-state index is 0.120. The Hall–Kier alpha value is -1.81. The van der Waals surface area contributed by atoms with Crippen molar-refractivity contribution in [3.63, 3.8) is 0 Å². The van der Waals surface area contributed by atoms with Crippen molar-refractivity contribution >= 4 is 5.71 Å². The van der Waals surface area contributed by atoms with Gasteiger partial charge >= 0.3 is 0 Å². The van der Waals surface area contributed by atoms with Gasteiger partial charge in [-0.25, -0.2) is 0 Å². The molecule has 0 saturated heterocycles. The van der Waals surface area contributed by atoms with Gasteiger partial charge in [0.15, 0.2) is 0 Å². The van der Waals surface area contributed by atoms with E-state index < -0.39 is 6.10 Å². The molecule has 0 spiro atoms. The maximum atomic E-state index is 10.8. The Labute approximate surface area is 157 Å². The second-order valence-electron chi connectivity index (χ2n) is 9.30. The van der Waals surface area contributed by atoms with Gasteiger partial charge < -0.3 is 15.1 Å². The van der Waals surface area contributed by atoms with Crippen LogP contribution in [-0.2, 0) is 15.7 Å². The van der Waals surface area contributed by atoms with Gasteiger partial charge in [-0.3, -0.25) is 0 Å². The third-order valence-corrected chi connectivity index (χ3v) is 4.77. The summed E-state index contributed by atoms with van der Waals surface area (Å²) in [6, 6.07) is 4.05. The summed E-state index contributed by atoms with van der Waals surface area (Å²) in [7, 11) is 0. The monoisotopic (exact) mass is 359 g/mol. The van der Waals surface area contributed by atoms with Crippen molar-refractivity contribution in [3.8, 4) is 5.75 Å². The van der Waals surface area contributed by atoms with Gasteiger partial charge in [0, 0.05) is 29.5 Å². The van der Waals surface area contributed by atoms with Crippen molar-refractivity contribution in [1.82, 2.24) is 0 Å². The van der Waals surface area contributed by atoms with Gasteiger partial charge in [0.2, 0.25) is 0 Å². The summed E-state index contributed by atoms with van der Waals surface area (Å²) in [4.78, 5) is 5.55. The number of phenolic OH excluding ortho intramolecular Hbond substituents is 1. The molecule has 0 saturated carbocycles. The average molecular weight is 360 g/mol. The molecule has 0 fully saturated rings. The van der Waals surface area contributed by atoms with E-state index in [2.05, 4.69) is 53.3 Å². The fourth-order valence-corrected chi connectivity index (χ4v) is 3.26. The number of aliphatic hydroxyl groups excluding tert-OH is 1. The lowest BCUT2D eigenvalue weighted by Crippen LogP contribution is -2.20. The van der Waals surface area contributed by atoms with Gasteiger partial charge in [-0.15, -0.1) is 6.58 Å². The number of phenols is 1. The summed E-state index contributed by atoms with van der Waals surface area (Å²) >= 11 is 0. The Balaban J connectivity index is 2.34.